The Bertz CT molecular complexity index is 440. The Labute approximate surface area is 101 Å². The Kier molecular flexibility index (Phi) is 4.80. The highest BCUT2D eigenvalue weighted by Crippen LogP contribution is 2.25. The summed E-state index contributed by atoms with van der Waals surface area (Å²) >= 11 is 3.00. The Morgan fingerprint density at radius 3 is 3.06 bits per heavy atom. The summed E-state index contributed by atoms with van der Waals surface area (Å²) in [6.07, 6.45) is 6.53. The molecule has 0 fully saturated rings. The SMILES string of the molecule is C#CCCO/N=C/c1c(O)ccc(Br)c1F. The second-order valence-corrected chi connectivity index (χ2v) is 3.67. The van der Waals surface area contributed by atoms with Gasteiger partial charge in [-0.3, -0.25) is 0 Å². The van der Waals surface area contributed by atoms with Gasteiger partial charge in [0.25, 0.3) is 0 Å². The van der Waals surface area contributed by atoms with Crippen molar-refractivity contribution in [1.29, 1.82) is 0 Å². The molecule has 1 aromatic carbocycles. The van der Waals surface area contributed by atoms with E-state index in [0.717, 1.165) is 6.21 Å². The van der Waals surface area contributed by atoms with Crippen LogP contribution in [0.25, 0.3) is 0 Å². The van der Waals surface area contributed by atoms with E-state index in [1.54, 1.807) is 0 Å². The molecule has 16 heavy (non-hydrogen) atoms. The second-order valence-electron chi connectivity index (χ2n) is 2.82. The molecule has 0 saturated heterocycles. The molecule has 0 spiro atoms. The molecule has 1 aromatic rings. The predicted molar refractivity (Wildman–Crippen MR) is 62.8 cm³/mol. The van der Waals surface area contributed by atoms with Crippen LogP contribution in [0, 0.1) is 18.2 Å². The van der Waals surface area contributed by atoms with Crippen LogP contribution in [0.5, 0.6) is 5.75 Å². The summed E-state index contributed by atoms with van der Waals surface area (Å²) in [5.74, 6) is 1.57. The highest BCUT2D eigenvalue weighted by atomic mass is 79.9. The first-order chi connectivity index (χ1) is 7.66. The molecular weight excluding hydrogens is 277 g/mol. The van der Waals surface area contributed by atoms with Gasteiger partial charge < -0.3 is 9.94 Å². The Morgan fingerprint density at radius 1 is 1.62 bits per heavy atom. The molecule has 5 heteroatoms. The van der Waals surface area contributed by atoms with Gasteiger partial charge >= 0.3 is 0 Å². The molecule has 0 aromatic heterocycles. The summed E-state index contributed by atoms with van der Waals surface area (Å²) < 4.78 is 13.7. The zero-order valence-corrected chi connectivity index (χ0v) is 9.87. The van der Waals surface area contributed by atoms with E-state index >= 15 is 0 Å². The number of nitrogens with zero attached hydrogens (tertiary/aromatic N) is 1. The van der Waals surface area contributed by atoms with Crippen LogP contribution in [0.3, 0.4) is 0 Å². The average molecular weight is 286 g/mol. The van der Waals surface area contributed by atoms with E-state index in [2.05, 4.69) is 27.0 Å². The van der Waals surface area contributed by atoms with E-state index in [-0.39, 0.29) is 22.4 Å². The number of aromatic hydroxyl groups is 1. The van der Waals surface area contributed by atoms with Crippen LogP contribution in [0.1, 0.15) is 12.0 Å². The summed E-state index contributed by atoms with van der Waals surface area (Å²) in [6.45, 7) is 0.253. The van der Waals surface area contributed by atoms with Crippen LogP contribution < -0.4 is 0 Å². The molecule has 0 aliphatic rings. The fourth-order valence-electron chi connectivity index (χ4n) is 0.926. The first-order valence-electron chi connectivity index (χ1n) is 4.42. The molecule has 1 rings (SSSR count). The van der Waals surface area contributed by atoms with Gasteiger partial charge in [0.2, 0.25) is 0 Å². The van der Waals surface area contributed by atoms with Crippen molar-refractivity contribution in [3.8, 4) is 18.1 Å². The third-order valence-corrected chi connectivity index (χ3v) is 2.32. The summed E-state index contributed by atoms with van der Waals surface area (Å²) in [5.41, 5.74) is -0.0323. The molecule has 84 valence electrons. The maximum absolute atomic E-state index is 13.5. The largest absolute Gasteiger partial charge is 0.507 e. The summed E-state index contributed by atoms with van der Waals surface area (Å²) in [7, 11) is 0. The number of rotatable bonds is 4. The molecular formula is C11H9BrFNO2. The number of hydrogen-bond acceptors (Lipinski definition) is 3. The molecule has 0 saturated carbocycles. The third-order valence-electron chi connectivity index (χ3n) is 1.70. The van der Waals surface area contributed by atoms with Gasteiger partial charge in [0.05, 0.1) is 16.3 Å². The molecule has 0 aliphatic carbocycles. The molecule has 0 amide bonds. The summed E-state index contributed by atoms with van der Waals surface area (Å²) in [4.78, 5) is 4.76. The van der Waals surface area contributed by atoms with Crippen LogP contribution in [0.4, 0.5) is 4.39 Å². The van der Waals surface area contributed by atoms with Gasteiger partial charge in [-0.05, 0) is 28.1 Å². The molecule has 0 unspecified atom stereocenters. The lowest BCUT2D eigenvalue weighted by Gasteiger charge is -2.02. The van der Waals surface area contributed by atoms with Crippen molar-refractivity contribution in [2.45, 2.75) is 6.42 Å². The van der Waals surface area contributed by atoms with Gasteiger partial charge in [0.15, 0.2) is 0 Å². The van der Waals surface area contributed by atoms with Crippen LogP contribution in [0.2, 0.25) is 0 Å². The topological polar surface area (TPSA) is 41.8 Å². The van der Waals surface area contributed by atoms with Gasteiger partial charge in [-0.15, -0.1) is 12.3 Å². The minimum absolute atomic E-state index is 0.0323. The predicted octanol–water partition coefficient (Wildman–Crippen LogP) is 2.67. The number of benzene rings is 1. The first-order valence-corrected chi connectivity index (χ1v) is 5.22. The molecule has 1 N–H and O–H groups in total. The van der Waals surface area contributed by atoms with Gasteiger partial charge in [0.1, 0.15) is 18.2 Å². The van der Waals surface area contributed by atoms with Crippen molar-refractivity contribution in [2.75, 3.05) is 6.61 Å². The second kappa shape index (κ2) is 6.13. The lowest BCUT2D eigenvalue weighted by atomic mass is 10.2. The molecule has 0 radical (unpaired) electrons. The van der Waals surface area contributed by atoms with Crippen LogP contribution in [-0.2, 0) is 4.84 Å². The van der Waals surface area contributed by atoms with Crippen molar-refractivity contribution in [3.63, 3.8) is 0 Å². The van der Waals surface area contributed by atoms with E-state index in [1.807, 2.05) is 0 Å². The molecule has 0 bridgehead atoms. The molecule has 0 heterocycles. The maximum Gasteiger partial charge on any atom is 0.149 e. The highest BCUT2D eigenvalue weighted by Gasteiger charge is 2.09. The number of halogens is 2. The zero-order valence-electron chi connectivity index (χ0n) is 8.28. The smallest absolute Gasteiger partial charge is 0.149 e. The normalized spacial score (nSPS) is 10.3. The van der Waals surface area contributed by atoms with Gasteiger partial charge in [-0.1, -0.05) is 5.16 Å². The van der Waals surface area contributed by atoms with E-state index in [9.17, 15) is 9.50 Å². The lowest BCUT2D eigenvalue weighted by molar-refractivity contribution is 0.152. The molecule has 3 nitrogen and oxygen atoms in total. The number of hydrogen-bond donors (Lipinski definition) is 1. The van der Waals surface area contributed by atoms with Crippen molar-refractivity contribution >= 4 is 22.1 Å². The van der Waals surface area contributed by atoms with Crippen molar-refractivity contribution in [2.24, 2.45) is 5.16 Å². The summed E-state index contributed by atoms with van der Waals surface area (Å²) in [5, 5.41) is 12.9. The zero-order chi connectivity index (χ0) is 12.0. The van der Waals surface area contributed by atoms with E-state index in [4.69, 9.17) is 11.3 Å². The van der Waals surface area contributed by atoms with Crippen LogP contribution in [0.15, 0.2) is 21.8 Å². The number of phenolic OH excluding ortho intramolecular Hbond substituents is 1. The minimum atomic E-state index is -0.593. The van der Waals surface area contributed by atoms with E-state index in [1.165, 1.54) is 12.1 Å². The average Bonchev–Trinajstić information content (AvgIpc) is 2.28. The fraction of sp³-hybridized carbons (Fsp3) is 0.182. The minimum Gasteiger partial charge on any atom is -0.507 e. The number of oxime groups is 1. The van der Waals surface area contributed by atoms with Crippen LogP contribution in [-0.4, -0.2) is 17.9 Å². The van der Waals surface area contributed by atoms with Crippen molar-refractivity contribution < 1.29 is 14.3 Å². The van der Waals surface area contributed by atoms with Gasteiger partial charge in [-0.25, -0.2) is 4.39 Å². The van der Waals surface area contributed by atoms with E-state index < -0.39 is 5.82 Å². The standard InChI is InChI=1S/C11H9BrFNO2/c1-2-3-6-16-14-7-8-10(15)5-4-9(12)11(8)13/h1,4-5,7,15H,3,6H2/b14-7+. The van der Waals surface area contributed by atoms with Crippen molar-refractivity contribution in [3.05, 3.63) is 28.0 Å². The Hall–Kier alpha value is -1.54. The highest BCUT2D eigenvalue weighted by molar-refractivity contribution is 9.10. The number of terminal acetylenes is 1. The van der Waals surface area contributed by atoms with Gasteiger partial charge in [-0.2, -0.15) is 0 Å². The Morgan fingerprint density at radius 2 is 2.38 bits per heavy atom. The van der Waals surface area contributed by atoms with E-state index in [0.29, 0.717) is 6.42 Å². The lowest BCUT2D eigenvalue weighted by Crippen LogP contribution is -1.92. The fourth-order valence-corrected chi connectivity index (χ4v) is 1.27. The maximum atomic E-state index is 13.5. The molecule has 0 atom stereocenters. The number of phenols is 1. The van der Waals surface area contributed by atoms with Crippen molar-refractivity contribution in [1.82, 2.24) is 0 Å². The first kappa shape index (κ1) is 12.5. The monoisotopic (exact) mass is 285 g/mol. The quantitative estimate of drug-likeness (QED) is 0.400. The van der Waals surface area contributed by atoms with Gasteiger partial charge in [0, 0.05) is 6.42 Å². The third kappa shape index (κ3) is 3.24. The van der Waals surface area contributed by atoms with Crippen LogP contribution >= 0.6 is 15.9 Å². The summed E-state index contributed by atoms with van der Waals surface area (Å²) in [6, 6.07) is 2.76. The molecule has 0 aliphatic heterocycles. The Balaban J connectivity index is 2.73.